The van der Waals surface area contributed by atoms with Gasteiger partial charge in [-0.2, -0.15) is 0 Å². The monoisotopic (exact) mass is 673 g/mol. The first-order valence-corrected chi connectivity index (χ1v) is 18.2. The predicted molar refractivity (Wildman–Crippen MR) is 213 cm³/mol. The molecule has 50 heavy (non-hydrogen) atoms. The summed E-state index contributed by atoms with van der Waals surface area (Å²) in [5.41, 5.74) is 7.88. The van der Waals surface area contributed by atoms with Gasteiger partial charge in [0.25, 0.3) is 0 Å². The third-order valence-corrected chi connectivity index (χ3v) is 11.7. The lowest BCUT2D eigenvalue weighted by Gasteiger charge is -2.10. The zero-order valence-electron chi connectivity index (χ0n) is 26.7. The van der Waals surface area contributed by atoms with E-state index >= 15 is 0 Å². The first-order valence-electron chi connectivity index (χ1n) is 16.6. The van der Waals surface area contributed by atoms with Crippen LogP contribution in [0, 0.1) is 0 Å². The van der Waals surface area contributed by atoms with Crippen LogP contribution < -0.4 is 0 Å². The van der Waals surface area contributed by atoms with Gasteiger partial charge in [0.2, 0.25) is 0 Å². The number of hydrogen-bond acceptors (Lipinski definition) is 5. The van der Waals surface area contributed by atoms with Crippen LogP contribution in [0.4, 0.5) is 0 Å². The number of hydrogen-bond donors (Lipinski definition) is 0. The zero-order chi connectivity index (χ0) is 33.0. The molecule has 0 aliphatic rings. The van der Waals surface area contributed by atoms with Crippen molar-refractivity contribution in [2.45, 2.75) is 0 Å². The van der Waals surface area contributed by atoms with Crippen LogP contribution in [-0.2, 0) is 0 Å². The van der Waals surface area contributed by atoms with Crippen LogP contribution in [0.1, 0.15) is 0 Å². The van der Waals surface area contributed by atoms with E-state index in [1.807, 2.05) is 59.1 Å². The Morgan fingerprint density at radius 1 is 0.320 bits per heavy atom. The molecule has 0 unspecified atom stereocenters. The molecule has 0 aliphatic heterocycles. The van der Waals surface area contributed by atoms with Crippen molar-refractivity contribution in [2.75, 3.05) is 0 Å². The first-order chi connectivity index (χ1) is 24.8. The average molecular weight is 674 g/mol. The van der Waals surface area contributed by atoms with E-state index in [2.05, 4.69) is 127 Å². The normalized spacial score (nSPS) is 11.6. The number of nitrogens with zero attached hydrogens (tertiary/aromatic N) is 3. The van der Waals surface area contributed by atoms with Crippen LogP contribution >= 0.6 is 22.7 Å². The largest absolute Gasteiger partial charge is 0.208 e. The second-order valence-electron chi connectivity index (χ2n) is 12.4. The number of thiophene rings is 2. The molecule has 234 valence electrons. The Bertz CT molecular complexity index is 2800. The average Bonchev–Trinajstić information content (AvgIpc) is 3.76. The topological polar surface area (TPSA) is 38.7 Å². The number of benzene rings is 7. The fourth-order valence-electron chi connectivity index (χ4n) is 6.95. The Morgan fingerprint density at radius 2 is 0.920 bits per heavy atom. The summed E-state index contributed by atoms with van der Waals surface area (Å²) in [7, 11) is 0. The summed E-state index contributed by atoms with van der Waals surface area (Å²) in [5.74, 6) is 2.01. The molecular formula is C45H27N3S2. The molecular weight excluding hydrogens is 647 g/mol. The highest BCUT2D eigenvalue weighted by molar-refractivity contribution is 7.26. The molecule has 0 aliphatic carbocycles. The number of fused-ring (bicyclic) bond motifs is 6. The maximum Gasteiger partial charge on any atom is 0.165 e. The van der Waals surface area contributed by atoms with Crippen LogP contribution in [0.25, 0.3) is 96.8 Å². The molecule has 0 bridgehead atoms. The molecule has 3 nitrogen and oxygen atoms in total. The second-order valence-corrected chi connectivity index (χ2v) is 14.5. The maximum atomic E-state index is 5.07. The van der Waals surface area contributed by atoms with Gasteiger partial charge in [-0.3, -0.25) is 0 Å². The lowest BCUT2D eigenvalue weighted by molar-refractivity contribution is 1.08. The van der Waals surface area contributed by atoms with Crippen molar-refractivity contribution in [3.05, 3.63) is 164 Å². The minimum Gasteiger partial charge on any atom is -0.208 e. The Morgan fingerprint density at radius 3 is 1.64 bits per heavy atom. The van der Waals surface area contributed by atoms with Gasteiger partial charge in [0.1, 0.15) is 0 Å². The fourth-order valence-corrected chi connectivity index (χ4v) is 9.37. The number of rotatable bonds is 5. The van der Waals surface area contributed by atoms with Crippen molar-refractivity contribution in [3.8, 4) is 56.4 Å². The van der Waals surface area contributed by atoms with Crippen LogP contribution in [-0.4, -0.2) is 15.0 Å². The third-order valence-electron chi connectivity index (χ3n) is 9.34. The van der Waals surface area contributed by atoms with E-state index in [1.165, 1.54) is 62.6 Å². The van der Waals surface area contributed by atoms with Gasteiger partial charge in [-0.05, 0) is 52.6 Å². The van der Waals surface area contributed by atoms with Gasteiger partial charge in [-0.15, -0.1) is 22.7 Å². The minimum atomic E-state index is 0.667. The summed E-state index contributed by atoms with van der Waals surface area (Å²) < 4.78 is 5.03. The summed E-state index contributed by atoms with van der Waals surface area (Å²) in [6.07, 6.45) is 0. The van der Waals surface area contributed by atoms with Crippen molar-refractivity contribution in [1.29, 1.82) is 0 Å². The Labute approximate surface area is 296 Å². The van der Waals surface area contributed by atoms with E-state index in [9.17, 15) is 0 Å². The molecule has 0 N–H and O–H groups in total. The first kappa shape index (κ1) is 29.0. The quantitative estimate of drug-likeness (QED) is 0.182. The van der Waals surface area contributed by atoms with Crippen molar-refractivity contribution < 1.29 is 0 Å². The van der Waals surface area contributed by atoms with Gasteiger partial charge in [-0.25, -0.2) is 15.0 Å². The van der Waals surface area contributed by atoms with Crippen LogP contribution in [0.3, 0.4) is 0 Å². The SMILES string of the molecule is c1ccc(-c2cc(-c3ccc4c(c3)sc3c(-c5nc(-c6ccccc6)nc(-c6ccccc6)n5)cccc34)c3c(c2)sc2ccccc23)cc1. The van der Waals surface area contributed by atoms with E-state index in [1.54, 1.807) is 0 Å². The van der Waals surface area contributed by atoms with Crippen LogP contribution in [0.2, 0.25) is 0 Å². The van der Waals surface area contributed by atoms with E-state index in [0.29, 0.717) is 17.5 Å². The molecule has 0 saturated heterocycles. The molecule has 3 heterocycles. The molecule has 0 atom stereocenters. The van der Waals surface area contributed by atoms with E-state index in [-0.39, 0.29) is 0 Å². The maximum absolute atomic E-state index is 5.07. The summed E-state index contributed by atoms with van der Waals surface area (Å²) in [4.78, 5) is 15.1. The highest BCUT2D eigenvalue weighted by atomic mass is 32.1. The van der Waals surface area contributed by atoms with Gasteiger partial charge in [-0.1, -0.05) is 133 Å². The summed E-state index contributed by atoms with van der Waals surface area (Å²) >= 11 is 3.68. The summed E-state index contributed by atoms with van der Waals surface area (Å²) in [5, 5.41) is 5.07. The Balaban J connectivity index is 1.17. The van der Waals surface area contributed by atoms with E-state index in [4.69, 9.17) is 15.0 Å². The van der Waals surface area contributed by atoms with Crippen LogP contribution in [0.5, 0.6) is 0 Å². The Kier molecular flexibility index (Phi) is 6.86. The van der Waals surface area contributed by atoms with Gasteiger partial charge in [0, 0.05) is 57.0 Å². The molecule has 3 aromatic heterocycles. The van der Waals surface area contributed by atoms with Gasteiger partial charge < -0.3 is 0 Å². The van der Waals surface area contributed by atoms with Crippen LogP contribution in [0.15, 0.2) is 164 Å². The molecule has 7 aromatic carbocycles. The third kappa shape index (κ3) is 4.90. The van der Waals surface area contributed by atoms with Crippen molar-refractivity contribution in [3.63, 3.8) is 0 Å². The minimum absolute atomic E-state index is 0.667. The second kappa shape index (κ2) is 11.8. The molecule has 5 heteroatoms. The predicted octanol–water partition coefficient (Wildman–Crippen LogP) is 12.9. The molecule has 0 saturated carbocycles. The summed E-state index contributed by atoms with van der Waals surface area (Å²) in [6.45, 7) is 0. The molecule has 0 spiro atoms. The highest BCUT2D eigenvalue weighted by Gasteiger charge is 2.18. The molecule has 0 amide bonds. The molecule has 0 radical (unpaired) electrons. The van der Waals surface area contributed by atoms with Gasteiger partial charge in [0.05, 0.1) is 0 Å². The van der Waals surface area contributed by atoms with Crippen molar-refractivity contribution >= 4 is 63.0 Å². The zero-order valence-corrected chi connectivity index (χ0v) is 28.4. The lowest BCUT2D eigenvalue weighted by atomic mass is 9.94. The van der Waals surface area contributed by atoms with Crippen molar-refractivity contribution in [2.24, 2.45) is 0 Å². The van der Waals surface area contributed by atoms with Crippen molar-refractivity contribution in [1.82, 2.24) is 15.0 Å². The lowest BCUT2D eigenvalue weighted by Crippen LogP contribution is -2.00. The molecule has 0 fully saturated rings. The molecule has 10 aromatic rings. The Hall–Kier alpha value is -6.01. The van der Waals surface area contributed by atoms with Gasteiger partial charge in [0.15, 0.2) is 17.5 Å². The standard InChI is InChI=1S/C45H27N3S2/c1-4-13-28(14-5-1)32-25-37(41-35-19-10-11-22-38(35)49-40(41)27-32)31-23-24-33-34-20-12-21-36(42(34)50-39(33)26-31)45-47-43(29-15-6-2-7-16-29)46-44(48-45)30-17-8-3-9-18-30/h1-27H. The molecule has 10 rings (SSSR count). The highest BCUT2D eigenvalue weighted by Crippen LogP contribution is 2.45. The van der Waals surface area contributed by atoms with E-state index < -0.39 is 0 Å². The van der Waals surface area contributed by atoms with E-state index in [0.717, 1.165) is 16.7 Å². The fraction of sp³-hybridized carbons (Fsp3) is 0. The van der Waals surface area contributed by atoms with Gasteiger partial charge >= 0.3 is 0 Å². The smallest absolute Gasteiger partial charge is 0.165 e. The summed E-state index contributed by atoms with van der Waals surface area (Å²) in [6, 6.07) is 57.9. The number of aromatic nitrogens is 3.